The highest BCUT2D eigenvalue weighted by Crippen LogP contribution is 2.23. The van der Waals surface area contributed by atoms with Crippen LogP contribution in [0.4, 0.5) is 0 Å². The first-order valence-corrected chi connectivity index (χ1v) is 23.4. The standard InChI is InChI=1S/C47H84O11/c1-3-5-7-9-11-13-15-17-18-19-20-21-22-24-25-27-29-31-33-35-40(48)55-37-39(38-56-47-44(52)42(50)43(51)45(58-47)46(53)54)57-41(49)36-34-32-30-28-26-23-16-14-12-10-8-6-4-2/h14,16-18,39,42-45,47,50-52H,3-13,15,19-38H2,1-2H3,(H,53,54)/b16-14-,18-17-. The smallest absolute Gasteiger partial charge is 0.335 e. The highest BCUT2D eigenvalue weighted by Gasteiger charge is 2.47. The number of rotatable bonds is 39. The van der Waals surface area contributed by atoms with Gasteiger partial charge in [0, 0.05) is 12.8 Å². The van der Waals surface area contributed by atoms with Crippen molar-refractivity contribution < 1.29 is 53.8 Å². The van der Waals surface area contributed by atoms with Crippen LogP contribution < -0.4 is 0 Å². The molecule has 1 aliphatic rings. The van der Waals surface area contributed by atoms with Crippen LogP contribution in [0.3, 0.4) is 0 Å². The fraction of sp³-hybridized carbons (Fsp3) is 0.851. The molecule has 1 aliphatic heterocycles. The molecule has 6 atom stereocenters. The number of carbonyl (C=O) groups is 3. The monoisotopic (exact) mass is 825 g/mol. The summed E-state index contributed by atoms with van der Waals surface area (Å²) in [6.45, 7) is 3.79. The Kier molecular flexibility index (Phi) is 34.9. The Morgan fingerprint density at radius 3 is 1.36 bits per heavy atom. The maximum Gasteiger partial charge on any atom is 0.335 e. The second kappa shape index (κ2) is 37.7. The van der Waals surface area contributed by atoms with Crippen molar-refractivity contribution in [3.05, 3.63) is 24.3 Å². The first kappa shape index (κ1) is 53.7. The zero-order chi connectivity index (χ0) is 42.5. The van der Waals surface area contributed by atoms with Gasteiger partial charge < -0.3 is 39.4 Å². The first-order valence-electron chi connectivity index (χ1n) is 23.4. The van der Waals surface area contributed by atoms with Gasteiger partial charge in [-0.3, -0.25) is 9.59 Å². The molecule has 1 heterocycles. The maximum absolute atomic E-state index is 12.8. The molecule has 58 heavy (non-hydrogen) atoms. The summed E-state index contributed by atoms with van der Waals surface area (Å²) in [5.74, 6) is -2.45. The fourth-order valence-electron chi connectivity index (χ4n) is 7.04. The molecule has 0 spiro atoms. The van der Waals surface area contributed by atoms with Crippen LogP contribution in [0.5, 0.6) is 0 Å². The predicted octanol–water partition coefficient (Wildman–Crippen LogP) is 10.2. The SMILES string of the molecule is CCCCCC/C=C\CCCCCCCC(=O)OC(COC(=O)CCCCCCCCCCC/C=C\CCCCCCCC)COC1OC(C(=O)O)C(O)C(O)C1O. The molecule has 0 aromatic rings. The second-order valence-corrected chi connectivity index (χ2v) is 16.2. The van der Waals surface area contributed by atoms with Gasteiger partial charge in [-0.05, 0) is 64.2 Å². The van der Waals surface area contributed by atoms with E-state index < -0.39 is 61.3 Å². The number of esters is 2. The minimum absolute atomic E-state index is 0.174. The Bertz CT molecular complexity index is 1060. The first-order chi connectivity index (χ1) is 28.2. The van der Waals surface area contributed by atoms with Gasteiger partial charge in [0.25, 0.3) is 0 Å². The lowest BCUT2D eigenvalue weighted by Gasteiger charge is -2.38. The van der Waals surface area contributed by atoms with E-state index in [0.717, 1.165) is 57.8 Å². The summed E-state index contributed by atoms with van der Waals surface area (Å²) in [7, 11) is 0. The van der Waals surface area contributed by atoms with E-state index in [2.05, 4.69) is 38.2 Å². The van der Waals surface area contributed by atoms with Crippen molar-refractivity contribution in [2.24, 2.45) is 0 Å². The number of carboxylic acids is 1. The van der Waals surface area contributed by atoms with Crippen molar-refractivity contribution in [3.8, 4) is 0 Å². The van der Waals surface area contributed by atoms with Gasteiger partial charge in [-0.2, -0.15) is 0 Å². The molecule has 11 nitrogen and oxygen atoms in total. The van der Waals surface area contributed by atoms with E-state index in [9.17, 15) is 34.8 Å². The van der Waals surface area contributed by atoms with Gasteiger partial charge in [0.2, 0.25) is 0 Å². The van der Waals surface area contributed by atoms with Crippen molar-refractivity contribution >= 4 is 17.9 Å². The average Bonchev–Trinajstić information content (AvgIpc) is 3.21. The van der Waals surface area contributed by atoms with Crippen molar-refractivity contribution in [1.82, 2.24) is 0 Å². The number of ether oxygens (including phenoxy) is 4. The molecule has 338 valence electrons. The van der Waals surface area contributed by atoms with Crippen LogP contribution in [0.15, 0.2) is 24.3 Å². The van der Waals surface area contributed by atoms with Crippen LogP contribution in [0, 0.1) is 0 Å². The number of aliphatic hydroxyl groups is 3. The van der Waals surface area contributed by atoms with E-state index >= 15 is 0 Å². The molecule has 0 radical (unpaired) electrons. The molecule has 0 bridgehead atoms. The Morgan fingerprint density at radius 1 is 0.517 bits per heavy atom. The summed E-state index contributed by atoms with van der Waals surface area (Å²) < 4.78 is 21.7. The van der Waals surface area contributed by atoms with Gasteiger partial charge in [0.05, 0.1) is 6.61 Å². The number of hydrogen-bond donors (Lipinski definition) is 4. The molecule has 1 saturated heterocycles. The zero-order valence-corrected chi connectivity index (χ0v) is 36.5. The minimum atomic E-state index is -1.86. The lowest BCUT2D eigenvalue weighted by molar-refractivity contribution is -0.298. The number of allylic oxidation sites excluding steroid dienone is 4. The number of unbranched alkanes of at least 4 members (excludes halogenated alkanes) is 24. The molecule has 0 amide bonds. The third-order valence-electron chi connectivity index (χ3n) is 10.8. The average molecular weight is 825 g/mol. The molecular formula is C47H84O11. The molecule has 0 aromatic carbocycles. The van der Waals surface area contributed by atoms with Gasteiger partial charge in [-0.15, -0.1) is 0 Å². The lowest BCUT2D eigenvalue weighted by Crippen LogP contribution is -2.60. The second-order valence-electron chi connectivity index (χ2n) is 16.2. The van der Waals surface area contributed by atoms with Crippen molar-refractivity contribution in [2.75, 3.05) is 13.2 Å². The third kappa shape index (κ3) is 29.0. The highest BCUT2D eigenvalue weighted by molar-refractivity contribution is 5.73. The number of hydrogen-bond acceptors (Lipinski definition) is 10. The van der Waals surface area contributed by atoms with Crippen LogP contribution in [-0.2, 0) is 33.3 Å². The summed E-state index contributed by atoms with van der Waals surface area (Å²) in [5, 5.41) is 39.8. The normalized spacial score (nSPS) is 20.2. The van der Waals surface area contributed by atoms with Gasteiger partial charge in [0.1, 0.15) is 24.9 Å². The van der Waals surface area contributed by atoms with E-state index in [1.165, 1.54) is 109 Å². The Balaban J connectivity index is 2.33. The molecule has 6 unspecified atom stereocenters. The highest BCUT2D eigenvalue weighted by atomic mass is 16.7. The van der Waals surface area contributed by atoms with E-state index in [1.54, 1.807) is 0 Å². The van der Waals surface area contributed by atoms with Crippen molar-refractivity contribution in [2.45, 2.75) is 243 Å². The summed E-state index contributed by atoms with van der Waals surface area (Å²) >= 11 is 0. The van der Waals surface area contributed by atoms with E-state index in [1.807, 2.05) is 0 Å². The number of carboxylic acid groups (broad SMARTS) is 1. The summed E-state index contributed by atoms with van der Waals surface area (Å²) in [4.78, 5) is 36.8. The van der Waals surface area contributed by atoms with Gasteiger partial charge in [-0.1, -0.05) is 154 Å². The van der Waals surface area contributed by atoms with Gasteiger partial charge >= 0.3 is 17.9 Å². The maximum atomic E-state index is 12.8. The molecule has 4 N–H and O–H groups in total. The third-order valence-corrected chi connectivity index (χ3v) is 10.8. The zero-order valence-electron chi connectivity index (χ0n) is 36.5. The van der Waals surface area contributed by atoms with Crippen LogP contribution in [0.25, 0.3) is 0 Å². The number of aliphatic hydroxyl groups excluding tert-OH is 3. The minimum Gasteiger partial charge on any atom is -0.479 e. The summed E-state index contributed by atoms with van der Waals surface area (Å²) in [6, 6.07) is 0. The number of carbonyl (C=O) groups excluding carboxylic acids is 2. The Hall–Kier alpha value is -2.31. The Morgan fingerprint density at radius 2 is 0.914 bits per heavy atom. The van der Waals surface area contributed by atoms with Crippen molar-refractivity contribution in [1.29, 1.82) is 0 Å². The largest absolute Gasteiger partial charge is 0.479 e. The molecule has 11 heteroatoms. The number of aliphatic carboxylic acids is 1. The molecule has 1 rings (SSSR count). The van der Waals surface area contributed by atoms with E-state index in [-0.39, 0.29) is 19.4 Å². The quantitative estimate of drug-likeness (QED) is 0.0264. The topological polar surface area (TPSA) is 169 Å². The van der Waals surface area contributed by atoms with Crippen LogP contribution >= 0.6 is 0 Å². The summed E-state index contributed by atoms with van der Waals surface area (Å²) in [6.07, 6.45) is 32.3. The molecule has 1 fully saturated rings. The van der Waals surface area contributed by atoms with Crippen LogP contribution in [0.2, 0.25) is 0 Å². The van der Waals surface area contributed by atoms with E-state index in [0.29, 0.717) is 12.8 Å². The molecule has 0 saturated carbocycles. The molecule has 0 aliphatic carbocycles. The van der Waals surface area contributed by atoms with Crippen LogP contribution in [0.1, 0.15) is 206 Å². The van der Waals surface area contributed by atoms with Crippen LogP contribution in [-0.4, -0.2) is 88.4 Å². The van der Waals surface area contributed by atoms with Gasteiger partial charge in [0.15, 0.2) is 18.5 Å². The van der Waals surface area contributed by atoms with Crippen molar-refractivity contribution in [3.63, 3.8) is 0 Å². The molecular weight excluding hydrogens is 741 g/mol. The lowest BCUT2D eigenvalue weighted by atomic mass is 9.99. The Labute approximate surface area is 351 Å². The predicted molar refractivity (Wildman–Crippen MR) is 229 cm³/mol. The molecule has 0 aromatic heterocycles. The van der Waals surface area contributed by atoms with Gasteiger partial charge in [-0.25, -0.2) is 4.79 Å². The fourth-order valence-corrected chi connectivity index (χ4v) is 7.04. The summed E-state index contributed by atoms with van der Waals surface area (Å²) in [5.41, 5.74) is 0. The van der Waals surface area contributed by atoms with E-state index in [4.69, 9.17) is 18.9 Å².